The molecular formula is C10H17N5. The molecule has 1 aromatic rings. The molecule has 1 unspecified atom stereocenters. The minimum Gasteiger partial charge on any atom is -0.338 e. The van der Waals surface area contributed by atoms with E-state index >= 15 is 0 Å². The average molecular weight is 207 g/mol. The third-order valence-electron chi connectivity index (χ3n) is 2.51. The van der Waals surface area contributed by atoms with E-state index in [1.807, 2.05) is 0 Å². The lowest BCUT2D eigenvalue weighted by Gasteiger charge is -2.17. The fourth-order valence-electron chi connectivity index (χ4n) is 1.93. The van der Waals surface area contributed by atoms with Crippen LogP contribution in [0, 0.1) is 0 Å². The number of aromatic nitrogens is 3. The van der Waals surface area contributed by atoms with Gasteiger partial charge < -0.3 is 10.2 Å². The summed E-state index contributed by atoms with van der Waals surface area (Å²) in [7, 11) is 0. The normalized spacial score (nSPS) is 21.3. The molecule has 1 N–H and O–H groups in total. The predicted molar refractivity (Wildman–Crippen MR) is 58.7 cm³/mol. The Morgan fingerprint density at radius 2 is 2.33 bits per heavy atom. The van der Waals surface area contributed by atoms with Crippen LogP contribution in [0.1, 0.15) is 20.3 Å². The average Bonchev–Trinajstić information content (AvgIpc) is 2.67. The minimum absolute atomic E-state index is 0.532. The van der Waals surface area contributed by atoms with E-state index < -0.39 is 0 Å². The molecule has 0 radical (unpaired) electrons. The van der Waals surface area contributed by atoms with Crippen LogP contribution in [0.2, 0.25) is 0 Å². The van der Waals surface area contributed by atoms with Gasteiger partial charge in [0.15, 0.2) is 0 Å². The van der Waals surface area contributed by atoms with Gasteiger partial charge in [0.1, 0.15) is 0 Å². The molecule has 15 heavy (non-hydrogen) atoms. The van der Waals surface area contributed by atoms with Gasteiger partial charge in [-0.15, -0.1) is 5.10 Å². The van der Waals surface area contributed by atoms with Gasteiger partial charge in [0, 0.05) is 25.2 Å². The molecule has 82 valence electrons. The quantitative estimate of drug-likeness (QED) is 0.780. The molecule has 1 fully saturated rings. The highest BCUT2D eigenvalue weighted by Crippen LogP contribution is 2.14. The molecule has 1 atom stereocenters. The second-order valence-corrected chi connectivity index (χ2v) is 4.20. The number of nitrogens with one attached hydrogen (secondary N) is 1. The third kappa shape index (κ3) is 2.62. The second kappa shape index (κ2) is 4.53. The highest BCUT2D eigenvalue weighted by molar-refractivity contribution is 5.29. The van der Waals surface area contributed by atoms with Crippen LogP contribution in [0.5, 0.6) is 0 Å². The standard InChI is InChI=1S/C10H17N5/c1-8(2)13-9-3-6-15(7-9)10-11-4-5-12-14-10/h4-5,8-9,13H,3,6-7H2,1-2H3. The van der Waals surface area contributed by atoms with Gasteiger partial charge in [0.05, 0.1) is 12.4 Å². The van der Waals surface area contributed by atoms with Crippen LogP contribution in [-0.4, -0.2) is 40.4 Å². The smallest absolute Gasteiger partial charge is 0.245 e. The zero-order valence-corrected chi connectivity index (χ0v) is 9.22. The van der Waals surface area contributed by atoms with Crippen LogP contribution < -0.4 is 10.2 Å². The Hall–Kier alpha value is -1.23. The van der Waals surface area contributed by atoms with Crippen molar-refractivity contribution in [3.63, 3.8) is 0 Å². The van der Waals surface area contributed by atoms with Crippen LogP contribution in [-0.2, 0) is 0 Å². The summed E-state index contributed by atoms with van der Waals surface area (Å²) in [5, 5.41) is 11.4. The molecule has 5 heteroatoms. The fraction of sp³-hybridized carbons (Fsp3) is 0.700. The molecule has 5 nitrogen and oxygen atoms in total. The summed E-state index contributed by atoms with van der Waals surface area (Å²) in [5.74, 6) is 0.741. The Morgan fingerprint density at radius 3 is 3.00 bits per heavy atom. The van der Waals surface area contributed by atoms with Crippen LogP contribution in [0.25, 0.3) is 0 Å². The van der Waals surface area contributed by atoms with Gasteiger partial charge in [0.2, 0.25) is 5.95 Å². The topological polar surface area (TPSA) is 53.9 Å². The summed E-state index contributed by atoms with van der Waals surface area (Å²) >= 11 is 0. The second-order valence-electron chi connectivity index (χ2n) is 4.20. The Labute approximate surface area is 89.9 Å². The molecule has 0 aliphatic carbocycles. The van der Waals surface area contributed by atoms with E-state index in [1.165, 1.54) is 0 Å². The molecule has 1 aliphatic heterocycles. The van der Waals surface area contributed by atoms with Crippen molar-refractivity contribution < 1.29 is 0 Å². The zero-order valence-electron chi connectivity index (χ0n) is 9.22. The molecule has 2 rings (SSSR count). The predicted octanol–water partition coefficient (Wildman–Crippen LogP) is 0.448. The lowest BCUT2D eigenvalue weighted by atomic mass is 10.2. The van der Waals surface area contributed by atoms with Gasteiger partial charge in [-0.05, 0) is 6.42 Å². The maximum Gasteiger partial charge on any atom is 0.245 e. The SMILES string of the molecule is CC(C)NC1CCN(c2nccnn2)C1. The van der Waals surface area contributed by atoms with Crippen molar-refractivity contribution in [3.05, 3.63) is 12.4 Å². The van der Waals surface area contributed by atoms with Gasteiger partial charge >= 0.3 is 0 Å². The van der Waals surface area contributed by atoms with E-state index in [0.717, 1.165) is 25.5 Å². The lowest BCUT2D eigenvalue weighted by molar-refractivity contribution is 0.491. The summed E-state index contributed by atoms with van der Waals surface area (Å²) in [4.78, 5) is 6.37. The Bertz CT molecular complexity index is 300. The Morgan fingerprint density at radius 1 is 1.47 bits per heavy atom. The van der Waals surface area contributed by atoms with Crippen molar-refractivity contribution in [2.75, 3.05) is 18.0 Å². The monoisotopic (exact) mass is 207 g/mol. The summed E-state index contributed by atoms with van der Waals surface area (Å²) < 4.78 is 0. The minimum atomic E-state index is 0.532. The first-order chi connectivity index (χ1) is 7.25. The number of anilines is 1. The summed E-state index contributed by atoms with van der Waals surface area (Å²) in [6.45, 7) is 6.33. The van der Waals surface area contributed by atoms with Crippen LogP contribution in [0.3, 0.4) is 0 Å². The van der Waals surface area contributed by atoms with E-state index in [2.05, 4.69) is 39.2 Å². The number of rotatable bonds is 3. The highest BCUT2D eigenvalue weighted by atomic mass is 15.3. The lowest BCUT2D eigenvalue weighted by Crippen LogP contribution is -2.37. The Kier molecular flexibility index (Phi) is 3.11. The molecule has 0 amide bonds. The maximum absolute atomic E-state index is 4.20. The first-order valence-corrected chi connectivity index (χ1v) is 5.40. The fourth-order valence-corrected chi connectivity index (χ4v) is 1.93. The Balaban J connectivity index is 1.93. The summed E-state index contributed by atoms with van der Waals surface area (Å²) in [6.07, 6.45) is 4.44. The van der Waals surface area contributed by atoms with Crippen molar-refractivity contribution in [2.45, 2.75) is 32.4 Å². The number of nitrogens with zero attached hydrogens (tertiary/aromatic N) is 4. The van der Waals surface area contributed by atoms with Gasteiger partial charge in [-0.2, -0.15) is 5.10 Å². The van der Waals surface area contributed by atoms with Crippen molar-refractivity contribution in [1.29, 1.82) is 0 Å². The summed E-state index contributed by atoms with van der Waals surface area (Å²) in [6, 6.07) is 1.08. The van der Waals surface area contributed by atoms with Crippen LogP contribution in [0.15, 0.2) is 12.4 Å². The first kappa shape index (κ1) is 10.3. The molecule has 0 spiro atoms. The maximum atomic E-state index is 4.20. The van der Waals surface area contributed by atoms with Gasteiger partial charge in [-0.3, -0.25) is 0 Å². The number of hydrogen-bond donors (Lipinski definition) is 1. The van der Waals surface area contributed by atoms with E-state index in [0.29, 0.717) is 12.1 Å². The number of hydrogen-bond acceptors (Lipinski definition) is 5. The van der Waals surface area contributed by atoms with Crippen molar-refractivity contribution in [3.8, 4) is 0 Å². The van der Waals surface area contributed by atoms with Crippen molar-refractivity contribution >= 4 is 5.95 Å². The molecule has 0 bridgehead atoms. The molecular weight excluding hydrogens is 190 g/mol. The van der Waals surface area contributed by atoms with E-state index in [-0.39, 0.29) is 0 Å². The largest absolute Gasteiger partial charge is 0.338 e. The molecule has 2 heterocycles. The van der Waals surface area contributed by atoms with E-state index in [9.17, 15) is 0 Å². The van der Waals surface area contributed by atoms with Crippen molar-refractivity contribution in [2.24, 2.45) is 0 Å². The van der Waals surface area contributed by atoms with E-state index in [1.54, 1.807) is 12.4 Å². The molecule has 0 aromatic carbocycles. The molecule has 1 aliphatic rings. The first-order valence-electron chi connectivity index (χ1n) is 5.40. The highest BCUT2D eigenvalue weighted by Gasteiger charge is 2.24. The summed E-state index contributed by atoms with van der Waals surface area (Å²) in [5.41, 5.74) is 0. The van der Waals surface area contributed by atoms with Gasteiger partial charge in [-0.1, -0.05) is 13.8 Å². The van der Waals surface area contributed by atoms with Gasteiger partial charge in [0.25, 0.3) is 0 Å². The van der Waals surface area contributed by atoms with Crippen LogP contribution >= 0.6 is 0 Å². The van der Waals surface area contributed by atoms with Gasteiger partial charge in [-0.25, -0.2) is 4.98 Å². The zero-order chi connectivity index (χ0) is 10.7. The third-order valence-corrected chi connectivity index (χ3v) is 2.51. The van der Waals surface area contributed by atoms with E-state index in [4.69, 9.17) is 0 Å². The molecule has 0 saturated carbocycles. The molecule has 1 saturated heterocycles. The molecule has 1 aromatic heterocycles. The van der Waals surface area contributed by atoms with Crippen molar-refractivity contribution in [1.82, 2.24) is 20.5 Å². The van der Waals surface area contributed by atoms with Crippen LogP contribution in [0.4, 0.5) is 5.95 Å².